The van der Waals surface area contributed by atoms with Gasteiger partial charge in [-0.25, -0.2) is 9.18 Å². The Morgan fingerprint density at radius 2 is 1.88 bits per heavy atom. The fourth-order valence-electron chi connectivity index (χ4n) is 1.96. The maximum absolute atomic E-state index is 14.0. The largest absolute Gasteiger partial charge is 0.454 e. The SMILES string of the molecule is CC(=O)Nc1ccc(C(=O)COC(=O)c2cc(Br)ccc2Cl)c(F)c1. The molecule has 0 spiro atoms. The topological polar surface area (TPSA) is 72.5 Å². The summed E-state index contributed by atoms with van der Waals surface area (Å²) in [5, 5.41) is 2.57. The van der Waals surface area contributed by atoms with Gasteiger partial charge in [0.15, 0.2) is 6.61 Å². The van der Waals surface area contributed by atoms with Gasteiger partial charge in [0.2, 0.25) is 11.7 Å². The van der Waals surface area contributed by atoms with E-state index < -0.39 is 24.2 Å². The number of hydrogen-bond acceptors (Lipinski definition) is 4. The predicted octanol–water partition coefficient (Wildman–Crippen LogP) is 4.24. The number of carbonyl (C=O) groups excluding carboxylic acids is 3. The maximum Gasteiger partial charge on any atom is 0.340 e. The van der Waals surface area contributed by atoms with Gasteiger partial charge in [-0.05, 0) is 36.4 Å². The third kappa shape index (κ3) is 5.11. The first-order valence-electron chi connectivity index (χ1n) is 7.00. The molecule has 1 amide bonds. The Bertz CT molecular complexity index is 857. The lowest BCUT2D eigenvalue weighted by Gasteiger charge is -2.08. The smallest absolute Gasteiger partial charge is 0.340 e. The highest BCUT2D eigenvalue weighted by Gasteiger charge is 2.17. The minimum Gasteiger partial charge on any atom is -0.454 e. The van der Waals surface area contributed by atoms with Crippen molar-refractivity contribution in [2.24, 2.45) is 0 Å². The molecule has 0 fully saturated rings. The Morgan fingerprint density at radius 1 is 1.16 bits per heavy atom. The zero-order valence-electron chi connectivity index (χ0n) is 12.9. The molecule has 0 radical (unpaired) electrons. The van der Waals surface area contributed by atoms with Gasteiger partial charge in [-0.3, -0.25) is 9.59 Å². The molecule has 0 saturated heterocycles. The molecule has 2 rings (SSSR count). The summed E-state index contributed by atoms with van der Waals surface area (Å²) in [4.78, 5) is 35.0. The van der Waals surface area contributed by atoms with Crippen molar-refractivity contribution in [3.05, 3.63) is 62.8 Å². The van der Waals surface area contributed by atoms with Gasteiger partial charge >= 0.3 is 5.97 Å². The minimum atomic E-state index is -0.826. The van der Waals surface area contributed by atoms with Crippen molar-refractivity contribution < 1.29 is 23.5 Å². The van der Waals surface area contributed by atoms with Gasteiger partial charge in [-0.1, -0.05) is 27.5 Å². The maximum atomic E-state index is 14.0. The van der Waals surface area contributed by atoms with Crippen molar-refractivity contribution in [2.45, 2.75) is 6.92 Å². The van der Waals surface area contributed by atoms with Crippen LogP contribution in [0.15, 0.2) is 40.9 Å². The van der Waals surface area contributed by atoms with Gasteiger partial charge < -0.3 is 10.1 Å². The Balaban J connectivity index is 2.06. The Labute approximate surface area is 156 Å². The molecular weight excluding hydrogens is 417 g/mol. The summed E-state index contributed by atoms with van der Waals surface area (Å²) >= 11 is 9.11. The lowest BCUT2D eigenvalue weighted by molar-refractivity contribution is -0.114. The third-order valence-electron chi connectivity index (χ3n) is 3.07. The number of ether oxygens (including phenoxy) is 1. The fraction of sp³-hybridized carbons (Fsp3) is 0.118. The molecular formula is C17H12BrClFNO4. The number of anilines is 1. The van der Waals surface area contributed by atoms with Crippen molar-refractivity contribution in [1.82, 2.24) is 0 Å². The zero-order valence-corrected chi connectivity index (χ0v) is 15.3. The van der Waals surface area contributed by atoms with Crippen LogP contribution >= 0.6 is 27.5 Å². The Morgan fingerprint density at radius 3 is 2.52 bits per heavy atom. The van der Waals surface area contributed by atoms with E-state index in [9.17, 15) is 18.8 Å². The van der Waals surface area contributed by atoms with E-state index in [-0.39, 0.29) is 27.7 Å². The number of rotatable bonds is 5. The second kappa shape index (κ2) is 8.22. The highest BCUT2D eigenvalue weighted by Crippen LogP contribution is 2.22. The van der Waals surface area contributed by atoms with E-state index in [1.54, 1.807) is 6.07 Å². The minimum absolute atomic E-state index is 0.0883. The molecule has 2 aromatic rings. The second-order valence-corrected chi connectivity index (χ2v) is 6.32. The predicted molar refractivity (Wildman–Crippen MR) is 94.5 cm³/mol. The van der Waals surface area contributed by atoms with E-state index in [1.807, 2.05) is 0 Å². The van der Waals surface area contributed by atoms with E-state index in [2.05, 4.69) is 21.2 Å². The standard InChI is InChI=1S/C17H12BrClFNO4/c1-9(22)21-11-3-4-12(15(20)7-11)16(23)8-25-17(24)13-6-10(18)2-5-14(13)19/h2-7H,8H2,1H3,(H,21,22). The molecule has 0 saturated carbocycles. The van der Waals surface area contributed by atoms with Crippen LogP contribution in [0.1, 0.15) is 27.6 Å². The lowest BCUT2D eigenvalue weighted by atomic mass is 10.1. The molecule has 0 aliphatic heterocycles. The molecule has 1 N–H and O–H groups in total. The number of halogens is 3. The first-order valence-corrected chi connectivity index (χ1v) is 8.17. The van der Waals surface area contributed by atoms with Gasteiger partial charge in [-0.15, -0.1) is 0 Å². The average molecular weight is 429 g/mol. The molecule has 8 heteroatoms. The summed E-state index contributed by atoms with van der Waals surface area (Å²) in [5.74, 6) is -2.70. The molecule has 5 nitrogen and oxygen atoms in total. The normalized spacial score (nSPS) is 10.2. The van der Waals surface area contributed by atoms with E-state index >= 15 is 0 Å². The van der Waals surface area contributed by atoms with E-state index in [0.29, 0.717) is 4.47 Å². The molecule has 130 valence electrons. The first-order chi connectivity index (χ1) is 11.8. The summed E-state index contributed by atoms with van der Waals surface area (Å²) in [6.07, 6.45) is 0. The number of esters is 1. The summed E-state index contributed by atoms with van der Waals surface area (Å²) in [7, 11) is 0. The van der Waals surface area contributed by atoms with E-state index in [1.165, 1.54) is 31.2 Å². The number of benzene rings is 2. The number of carbonyl (C=O) groups is 3. The zero-order chi connectivity index (χ0) is 18.6. The molecule has 25 heavy (non-hydrogen) atoms. The van der Waals surface area contributed by atoms with E-state index in [4.69, 9.17) is 16.3 Å². The van der Waals surface area contributed by atoms with Crippen LogP contribution in [0, 0.1) is 5.82 Å². The monoisotopic (exact) mass is 427 g/mol. The van der Waals surface area contributed by atoms with Crippen LogP contribution in [-0.4, -0.2) is 24.3 Å². The summed E-state index contributed by atoms with van der Waals surface area (Å²) in [6, 6.07) is 8.22. The van der Waals surface area contributed by atoms with E-state index in [0.717, 1.165) is 6.07 Å². The van der Waals surface area contributed by atoms with Crippen LogP contribution in [0.25, 0.3) is 0 Å². The average Bonchev–Trinajstić information content (AvgIpc) is 2.54. The van der Waals surface area contributed by atoms with Crippen LogP contribution < -0.4 is 5.32 Å². The van der Waals surface area contributed by atoms with Crippen molar-refractivity contribution in [3.8, 4) is 0 Å². The second-order valence-electron chi connectivity index (χ2n) is 5.00. The molecule has 0 heterocycles. The number of hydrogen-bond donors (Lipinski definition) is 1. The van der Waals surface area contributed by atoms with Crippen molar-refractivity contribution in [3.63, 3.8) is 0 Å². The first kappa shape index (κ1) is 19.1. The quantitative estimate of drug-likeness (QED) is 0.571. The summed E-state index contributed by atoms with van der Waals surface area (Å²) in [6.45, 7) is 0.640. The molecule has 0 aromatic heterocycles. The van der Waals surface area contributed by atoms with Crippen LogP contribution in [0.3, 0.4) is 0 Å². The Hall–Kier alpha value is -2.25. The molecule has 0 aliphatic rings. The number of ketones is 1. The molecule has 0 aliphatic carbocycles. The van der Waals surface area contributed by atoms with Gasteiger partial charge in [0.05, 0.1) is 16.1 Å². The molecule has 0 unspecified atom stereocenters. The Kier molecular flexibility index (Phi) is 6.27. The number of nitrogens with one attached hydrogen (secondary N) is 1. The molecule has 0 bridgehead atoms. The third-order valence-corrected chi connectivity index (χ3v) is 3.90. The van der Waals surface area contributed by atoms with Crippen molar-refractivity contribution in [2.75, 3.05) is 11.9 Å². The van der Waals surface area contributed by atoms with Crippen molar-refractivity contribution >= 4 is 50.9 Å². The molecule has 2 aromatic carbocycles. The van der Waals surface area contributed by atoms with Gasteiger partial charge in [0, 0.05) is 17.1 Å². The van der Waals surface area contributed by atoms with Crippen LogP contribution in [-0.2, 0) is 9.53 Å². The van der Waals surface area contributed by atoms with Crippen LogP contribution in [0.5, 0.6) is 0 Å². The summed E-state index contributed by atoms with van der Waals surface area (Å²) < 4.78 is 19.5. The highest BCUT2D eigenvalue weighted by atomic mass is 79.9. The van der Waals surface area contributed by atoms with Crippen LogP contribution in [0.2, 0.25) is 5.02 Å². The number of amides is 1. The van der Waals surface area contributed by atoms with Gasteiger partial charge in [0.25, 0.3) is 0 Å². The van der Waals surface area contributed by atoms with Crippen molar-refractivity contribution in [1.29, 1.82) is 0 Å². The molecule has 0 atom stereocenters. The van der Waals surface area contributed by atoms with Gasteiger partial charge in [-0.2, -0.15) is 0 Å². The summed E-state index contributed by atoms with van der Waals surface area (Å²) in [5.41, 5.74) is 0.0621. The lowest BCUT2D eigenvalue weighted by Crippen LogP contribution is -2.16. The van der Waals surface area contributed by atoms with Gasteiger partial charge in [0.1, 0.15) is 5.82 Å². The fourth-order valence-corrected chi connectivity index (χ4v) is 2.52. The highest BCUT2D eigenvalue weighted by molar-refractivity contribution is 9.10. The van der Waals surface area contributed by atoms with Crippen LogP contribution in [0.4, 0.5) is 10.1 Å². The number of Topliss-reactive ketones (excluding diaryl/α,β-unsaturated/α-hetero) is 1.